The maximum Gasteiger partial charge on any atom is 0.387 e. The molecule has 1 aromatic rings. The van der Waals surface area contributed by atoms with Crippen molar-refractivity contribution in [2.24, 2.45) is 0 Å². The molecule has 0 radical (unpaired) electrons. The molecule has 5 nitrogen and oxygen atoms in total. The monoisotopic (exact) mass is 328 g/mol. The molecule has 2 amide bonds. The van der Waals surface area contributed by atoms with Gasteiger partial charge in [-0.05, 0) is 30.5 Å². The molecule has 0 saturated heterocycles. The van der Waals surface area contributed by atoms with Crippen LogP contribution in [0.2, 0.25) is 0 Å². The Balaban J connectivity index is 1.79. The third-order valence-corrected chi connectivity index (χ3v) is 3.86. The van der Waals surface area contributed by atoms with Crippen LogP contribution in [-0.4, -0.2) is 30.3 Å². The summed E-state index contributed by atoms with van der Waals surface area (Å²) in [4.78, 5) is 11.8. The van der Waals surface area contributed by atoms with Crippen molar-refractivity contribution in [1.29, 1.82) is 0 Å². The number of benzene rings is 1. The third kappa shape index (κ3) is 6.02. The lowest BCUT2D eigenvalue weighted by molar-refractivity contribution is -0.0499. The molecule has 7 heteroatoms. The second-order valence-electron chi connectivity index (χ2n) is 5.66. The molecule has 128 valence electrons. The Hall–Kier alpha value is -1.89. The number of amides is 2. The van der Waals surface area contributed by atoms with Gasteiger partial charge in [0.05, 0.1) is 6.10 Å². The number of rotatable bonds is 6. The van der Waals surface area contributed by atoms with Crippen LogP contribution in [0.5, 0.6) is 5.75 Å². The van der Waals surface area contributed by atoms with Crippen molar-refractivity contribution in [3.63, 3.8) is 0 Å². The van der Waals surface area contributed by atoms with E-state index in [1.165, 1.54) is 24.6 Å². The average Bonchev–Trinajstić information content (AvgIpc) is 2.53. The first-order valence-electron chi connectivity index (χ1n) is 7.82. The van der Waals surface area contributed by atoms with Gasteiger partial charge in [0.2, 0.25) is 0 Å². The van der Waals surface area contributed by atoms with Crippen molar-refractivity contribution in [2.45, 2.75) is 50.9 Å². The highest BCUT2D eigenvalue weighted by molar-refractivity contribution is 5.74. The number of urea groups is 1. The van der Waals surface area contributed by atoms with E-state index in [-0.39, 0.29) is 24.4 Å². The molecule has 3 N–H and O–H groups in total. The lowest BCUT2D eigenvalue weighted by Gasteiger charge is -2.23. The average molecular weight is 328 g/mol. The van der Waals surface area contributed by atoms with E-state index in [1.807, 2.05) is 0 Å². The molecule has 0 spiro atoms. The van der Waals surface area contributed by atoms with Gasteiger partial charge < -0.3 is 20.5 Å². The number of aliphatic hydroxyl groups is 1. The van der Waals surface area contributed by atoms with Crippen molar-refractivity contribution >= 4 is 6.03 Å². The van der Waals surface area contributed by atoms with Gasteiger partial charge in [0.1, 0.15) is 5.75 Å². The molecule has 1 aliphatic rings. The fourth-order valence-electron chi connectivity index (χ4n) is 2.69. The van der Waals surface area contributed by atoms with Crippen molar-refractivity contribution in [1.82, 2.24) is 10.6 Å². The summed E-state index contributed by atoms with van der Waals surface area (Å²) in [5.74, 6) is -0.0248. The summed E-state index contributed by atoms with van der Waals surface area (Å²) in [6.07, 6.45) is 4.39. The first-order chi connectivity index (χ1) is 11.0. The van der Waals surface area contributed by atoms with Crippen LogP contribution in [0.1, 0.15) is 43.8 Å². The molecule has 23 heavy (non-hydrogen) atoms. The van der Waals surface area contributed by atoms with E-state index in [0.717, 1.165) is 25.7 Å². The number of ether oxygens (including phenoxy) is 1. The van der Waals surface area contributed by atoms with Gasteiger partial charge in [0.25, 0.3) is 0 Å². The number of carbonyl (C=O) groups excluding carboxylic acids is 1. The minimum atomic E-state index is -2.92. The van der Waals surface area contributed by atoms with E-state index in [0.29, 0.717) is 5.56 Å². The summed E-state index contributed by atoms with van der Waals surface area (Å²) >= 11 is 0. The Bertz CT molecular complexity index is 508. The normalized spacial score (nSPS) is 16.9. The van der Waals surface area contributed by atoms with E-state index in [9.17, 15) is 18.7 Å². The predicted molar refractivity (Wildman–Crippen MR) is 81.4 cm³/mol. The predicted octanol–water partition coefficient (Wildman–Crippen LogP) is 2.95. The SMILES string of the molecule is O=C(NCC(O)c1cccc(OC(F)F)c1)NC1CCCCC1. The van der Waals surface area contributed by atoms with Crippen molar-refractivity contribution in [3.8, 4) is 5.75 Å². The quantitative estimate of drug-likeness (QED) is 0.752. The Morgan fingerprint density at radius 1 is 1.30 bits per heavy atom. The number of hydrogen-bond acceptors (Lipinski definition) is 3. The van der Waals surface area contributed by atoms with Crippen LogP contribution in [0, 0.1) is 0 Å². The van der Waals surface area contributed by atoms with Gasteiger partial charge in [0.15, 0.2) is 0 Å². The second-order valence-corrected chi connectivity index (χ2v) is 5.66. The molecular formula is C16H22F2N2O3. The largest absolute Gasteiger partial charge is 0.435 e. The molecule has 0 bridgehead atoms. The molecule has 1 saturated carbocycles. The Labute approximate surface area is 134 Å². The zero-order valence-electron chi connectivity index (χ0n) is 12.8. The maximum absolute atomic E-state index is 12.2. The highest BCUT2D eigenvalue weighted by Gasteiger charge is 2.16. The highest BCUT2D eigenvalue weighted by atomic mass is 19.3. The van der Waals surface area contributed by atoms with E-state index >= 15 is 0 Å². The zero-order chi connectivity index (χ0) is 16.7. The standard InChI is InChI=1S/C16H22F2N2O3/c17-15(18)23-13-8-4-5-11(9-13)14(21)10-19-16(22)20-12-6-2-1-3-7-12/h4-5,8-9,12,14-15,21H,1-3,6-7,10H2,(H2,19,20,22). The molecule has 1 aromatic carbocycles. The van der Waals surface area contributed by atoms with E-state index in [1.54, 1.807) is 6.07 Å². The minimum Gasteiger partial charge on any atom is -0.435 e. The summed E-state index contributed by atoms with van der Waals surface area (Å²) in [7, 11) is 0. The molecule has 0 aromatic heterocycles. The summed E-state index contributed by atoms with van der Waals surface area (Å²) in [5.41, 5.74) is 0.404. The van der Waals surface area contributed by atoms with Crippen LogP contribution >= 0.6 is 0 Å². The van der Waals surface area contributed by atoms with Gasteiger partial charge in [-0.3, -0.25) is 0 Å². The number of hydrogen-bond donors (Lipinski definition) is 3. The number of aliphatic hydroxyl groups excluding tert-OH is 1. The minimum absolute atomic E-state index is 0.00329. The highest BCUT2D eigenvalue weighted by Crippen LogP contribution is 2.20. The number of carbonyl (C=O) groups is 1. The van der Waals surface area contributed by atoms with Gasteiger partial charge in [-0.25, -0.2) is 4.79 Å². The third-order valence-electron chi connectivity index (χ3n) is 3.86. The molecule has 0 aliphatic heterocycles. The van der Waals surface area contributed by atoms with Crippen LogP contribution in [0.25, 0.3) is 0 Å². The number of alkyl halides is 2. The van der Waals surface area contributed by atoms with Gasteiger partial charge in [0, 0.05) is 12.6 Å². The van der Waals surface area contributed by atoms with Gasteiger partial charge >= 0.3 is 12.6 Å². The zero-order valence-corrected chi connectivity index (χ0v) is 12.8. The number of nitrogens with one attached hydrogen (secondary N) is 2. The molecule has 1 aliphatic carbocycles. The summed E-state index contributed by atoms with van der Waals surface area (Å²) < 4.78 is 28.6. The molecule has 0 heterocycles. The van der Waals surface area contributed by atoms with Crippen molar-refractivity contribution in [3.05, 3.63) is 29.8 Å². The van der Waals surface area contributed by atoms with E-state index < -0.39 is 12.7 Å². The summed E-state index contributed by atoms with van der Waals surface area (Å²) in [5, 5.41) is 15.5. The number of halogens is 2. The van der Waals surface area contributed by atoms with Crippen LogP contribution < -0.4 is 15.4 Å². The smallest absolute Gasteiger partial charge is 0.387 e. The molecule has 1 atom stereocenters. The molecule has 1 unspecified atom stereocenters. The Kier molecular flexibility index (Phi) is 6.58. The van der Waals surface area contributed by atoms with E-state index in [2.05, 4.69) is 15.4 Å². The Morgan fingerprint density at radius 3 is 2.74 bits per heavy atom. The van der Waals surface area contributed by atoms with Crippen LogP contribution in [0.4, 0.5) is 13.6 Å². The van der Waals surface area contributed by atoms with Crippen molar-refractivity contribution in [2.75, 3.05) is 6.54 Å². The molecule has 2 rings (SSSR count). The van der Waals surface area contributed by atoms with Crippen LogP contribution in [-0.2, 0) is 0 Å². The van der Waals surface area contributed by atoms with Crippen LogP contribution in [0.3, 0.4) is 0 Å². The summed E-state index contributed by atoms with van der Waals surface area (Å²) in [6.45, 7) is -2.92. The van der Waals surface area contributed by atoms with Crippen molar-refractivity contribution < 1.29 is 23.4 Å². The van der Waals surface area contributed by atoms with Gasteiger partial charge in [-0.2, -0.15) is 8.78 Å². The Morgan fingerprint density at radius 2 is 2.04 bits per heavy atom. The fourth-order valence-corrected chi connectivity index (χ4v) is 2.69. The second kappa shape index (κ2) is 8.67. The molecular weight excluding hydrogens is 306 g/mol. The first-order valence-corrected chi connectivity index (χ1v) is 7.82. The fraction of sp³-hybridized carbons (Fsp3) is 0.562. The lowest BCUT2D eigenvalue weighted by Crippen LogP contribution is -2.44. The van der Waals surface area contributed by atoms with E-state index in [4.69, 9.17) is 0 Å². The topological polar surface area (TPSA) is 70.6 Å². The molecule has 1 fully saturated rings. The lowest BCUT2D eigenvalue weighted by atomic mass is 9.96. The first kappa shape index (κ1) is 17.5. The van der Waals surface area contributed by atoms with Gasteiger partial charge in [-0.1, -0.05) is 31.4 Å². The van der Waals surface area contributed by atoms with Crippen LogP contribution in [0.15, 0.2) is 24.3 Å². The summed E-state index contributed by atoms with van der Waals surface area (Å²) in [6, 6.07) is 5.67. The van der Waals surface area contributed by atoms with Gasteiger partial charge in [-0.15, -0.1) is 0 Å². The maximum atomic E-state index is 12.2.